The summed E-state index contributed by atoms with van der Waals surface area (Å²) in [5.74, 6) is -0.246. The molecule has 4 nitrogen and oxygen atoms in total. The van der Waals surface area contributed by atoms with Crippen LogP contribution >= 0.6 is 15.9 Å². The summed E-state index contributed by atoms with van der Waals surface area (Å²) in [4.78, 5) is 13.8. The lowest BCUT2D eigenvalue weighted by atomic mass is 10.0. The summed E-state index contributed by atoms with van der Waals surface area (Å²) in [5.41, 5.74) is 0.456. The van der Waals surface area contributed by atoms with Gasteiger partial charge < -0.3 is 15.0 Å². The highest BCUT2D eigenvalue weighted by atomic mass is 79.9. The lowest BCUT2D eigenvalue weighted by Crippen LogP contribution is -2.46. The summed E-state index contributed by atoms with van der Waals surface area (Å²) in [6, 6.07) is 5.49. The van der Waals surface area contributed by atoms with Gasteiger partial charge in [-0.2, -0.15) is 0 Å². The molecule has 0 bridgehead atoms. The van der Waals surface area contributed by atoms with Crippen LogP contribution in [0.5, 0.6) is 0 Å². The normalized spacial score (nSPS) is 16.5. The molecule has 128 valence electrons. The second-order valence-electron chi connectivity index (χ2n) is 6.87. The number of ether oxygens (including phenoxy) is 1. The fourth-order valence-electron chi connectivity index (χ4n) is 2.50. The number of carbonyl (C=O) groups is 1. The maximum absolute atomic E-state index is 13.5. The minimum absolute atomic E-state index is 0.245. The fraction of sp³-hybridized carbons (Fsp3) is 0.588. The minimum Gasteiger partial charge on any atom is -0.444 e. The Kier molecular flexibility index (Phi) is 6.03. The Bertz CT molecular complexity index is 552. The molecule has 0 saturated carbocycles. The van der Waals surface area contributed by atoms with Crippen LogP contribution in [-0.2, 0) is 11.3 Å². The number of hydrogen-bond acceptors (Lipinski definition) is 3. The number of nitrogens with one attached hydrogen (secondary N) is 1. The Balaban J connectivity index is 1.76. The Labute approximate surface area is 145 Å². The van der Waals surface area contributed by atoms with Gasteiger partial charge in [-0.15, -0.1) is 0 Å². The number of carbonyl (C=O) groups excluding carboxylic acids is 1. The van der Waals surface area contributed by atoms with Gasteiger partial charge in [-0.1, -0.05) is 6.07 Å². The Morgan fingerprint density at radius 2 is 2.04 bits per heavy atom. The molecule has 1 aromatic carbocycles. The summed E-state index contributed by atoms with van der Waals surface area (Å²) in [6.45, 7) is 7.60. The number of halogens is 2. The summed E-state index contributed by atoms with van der Waals surface area (Å²) < 4.78 is 19.4. The van der Waals surface area contributed by atoms with E-state index in [9.17, 15) is 9.18 Å². The standard InChI is InChI=1S/C17H24BrFN2O2/c1-17(2,3)23-16(22)21-8-6-13(7-9-21)20-11-12-4-5-14(18)15(19)10-12/h4-5,10,13,20H,6-9,11H2,1-3H3. The third-order valence-corrected chi connectivity index (χ3v) is 4.37. The number of rotatable bonds is 3. The first-order valence-electron chi connectivity index (χ1n) is 7.90. The topological polar surface area (TPSA) is 41.6 Å². The molecule has 1 heterocycles. The van der Waals surface area contributed by atoms with Gasteiger partial charge in [-0.25, -0.2) is 9.18 Å². The van der Waals surface area contributed by atoms with E-state index in [0.717, 1.165) is 18.4 Å². The Morgan fingerprint density at radius 1 is 1.39 bits per heavy atom. The molecule has 1 fully saturated rings. The molecule has 0 radical (unpaired) electrons. The molecule has 2 rings (SSSR count). The lowest BCUT2D eigenvalue weighted by molar-refractivity contribution is 0.0198. The monoisotopic (exact) mass is 386 g/mol. The largest absolute Gasteiger partial charge is 0.444 e. The van der Waals surface area contributed by atoms with E-state index in [2.05, 4.69) is 21.2 Å². The molecule has 1 aliphatic heterocycles. The average molecular weight is 387 g/mol. The highest BCUT2D eigenvalue weighted by molar-refractivity contribution is 9.10. The maximum atomic E-state index is 13.5. The molecule has 0 atom stereocenters. The lowest BCUT2D eigenvalue weighted by Gasteiger charge is -2.33. The van der Waals surface area contributed by atoms with Crippen molar-refractivity contribution >= 4 is 22.0 Å². The van der Waals surface area contributed by atoms with Crippen molar-refractivity contribution in [3.05, 3.63) is 34.1 Å². The molecule has 1 aromatic rings. The molecular weight excluding hydrogens is 363 g/mol. The predicted molar refractivity (Wildman–Crippen MR) is 91.8 cm³/mol. The van der Waals surface area contributed by atoms with Gasteiger partial charge >= 0.3 is 6.09 Å². The number of hydrogen-bond donors (Lipinski definition) is 1. The van der Waals surface area contributed by atoms with Crippen LogP contribution in [-0.4, -0.2) is 35.7 Å². The molecular formula is C17H24BrFN2O2. The van der Waals surface area contributed by atoms with Gasteiger partial charge in [0.2, 0.25) is 0 Å². The van der Waals surface area contributed by atoms with Crippen LogP contribution in [0.15, 0.2) is 22.7 Å². The van der Waals surface area contributed by atoms with Gasteiger partial charge in [-0.3, -0.25) is 0 Å². The summed E-state index contributed by atoms with van der Waals surface area (Å²) in [6.07, 6.45) is 1.50. The van der Waals surface area contributed by atoms with Crippen molar-refractivity contribution in [1.82, 2.24) is 10.2 Å². The molecule has 0 unspecified atom stereocenters. The molecule has 6 heteroatoms. The van der Waals surface area contributed by atoms with Crippen LogP contribution in [0.3, 0.4) is 0 Å². The number of piperidine rings is 1. The van der Waals surface area contributed by atoms with Crippen molar-refractivity contribution in [2.75, 3.05) is 13.1 Å². The quantitative estimate of drug-likeness (QED) is 0.850. The van der Waals surface area contributed by atoms with E-state index in [0.29, 0.717) is 30.1 Å². The second-order valence-corrected chi connectivity index (χ2v) is 7.73. The van der Waals surface area contributed by atoms with Gasteiger partial charge in [0.1, 0.15) is 11.4 Å². The van der Waals surface area contributed by atoms with Gasteiger partial charge in [0.25, 0.3) is 0 Å². The molecule has 1 aliphatic rings. The smallest absolute Gasteiger partial charge is 0.410 e. The third-order valence-electron chi connectivity index (χ3n) is 3.73. The van der Waals surface area contributed by atoms with Crippen molar-refractivity contribution < 1.29 is 13.9 Å². The van der Waals surface area contributed by atoms with Crippen LogP contribution in [0.4, 0.5) is 9.18 Å². The minimum atomic E-state index is -0.460. The SMILES string of the molecule is CC(C)(C)OC(=O)N1CCC(NCc2ccc(Br)c(F)c2)CC1. The van der Waals surface area contributed by atoms with Gasteiger partial charge in [0.15, 0.2) is 0 Å². The maximum Gasteiger partial charge on any atom is 0.410 e. The van der Waals surface area contributed by atoms with E-state index < -0.39 is 5.60 Å². The van der Waals surface area contributed by atoms with Crippen molar-refractivity contribution in [2.24, 2.45) is 0 Å². The van der Waals surface area contributed by atoms with Crippen molar-refractivity contribution in [3.63, 3.8) is 0 Å². The van der Waals surface area contributed by atoms with E-state index in [1.807, 2.05) is 26.8 Å². The van der Waals surface area contributed by atoms with Gasteiger partial charge in [-0.05, 0) is 67.2 Å². The van der Waals surface area contributed by atoms with E-state index in [1.165, 1.54) is 6.07 Å². The highest BCUT2D eigenvalue weighted by Gasteiger charge is 2.26. The number of amides is 1. The van der Waals surface area contributed by atoms with Crippen molar-refractivity contribution in [3.8, 4) is 0 Å². The van der Waals surface area contributed by atoms with Crippen LogP contribution < -0.4 is 5.32 Å². The van der Waals surface area contributed by atoms with Crippen molar-refractivity contribution in [2.45, 2.75) is 51.8 Å². The Morgan fingerprint density at radius 3 is 2.61 bits per heavy atom. The van der Waals surface area contributed by atoms with Gasteiger partial charge in [0.05, 0.1) is 4.47 Å². The molecule has 0 aliphatic carbocycles. The Hall–Kier alpha value is -1.14. The van der Waals surface area contributed by atoms with Crippen molar-refractivity contribution in [1.29, 1.82) is 0 Å². The van der Waals surface area contributed by atoms with E-state index in [4.69, 9.17) is 4.74 Å². The molecule has 1 N–H and O–H groups in total. The van der Waals surface area contributed by atoms with Crippen LogP contribution in [0.2, 0.25) is 0 Å². The van der Waals surface area contributed by atoms with Crippen LogP contribution in [0.1, 0.15) is 39.2 Å². The first-order valence-corrected chi connectivity index (χ1v) is 8.69. The van der Waals surface area contributed by atoms with Crippen LogP contribution in [0, 0.1) is 5.82 Å². The highest BCUT2D eigenvalue weighted by Crippen LogP contribution is 2.18. The molecule has 0 spiro atoms. The molecule has 1 amide bonds. The third kappa shape index (κ3) is 5.77. The fourth-order valence-corrected chi connectivity index (χ4v) is 2.75. The molecule has 1 saturated heterocycles. The summed E-state index contributed by atoms with van der Waals surface area (Å²) >= 11 is 3.15. The summed E-state index contributed by atoms with van der Waals surface area (Å²) in [5, 5.41) is 3.43. The zero-order valence-electron chi connectivity index (χ0n) is 13.9. The number of likely N-dealkylation sites (tertiary alicyclic amines) is 1. The predicted octanol–water partition coefficient (Wildman–Crippen LogP) is 4.08. The zero-order chi connectivity index (χ0) is 17.0. The second kappa shape index (κ2) is 7.62. The molecule has 0 aromatic heterocycles. The number of nitrogens with zero attached hydrogens (tertiary/aromatic N) is 1. The van der Waals surface area contributed by atoms with E-state index in [1.54, 1.807) is 11.0 Å². The zero-order valence-corrected chi connectivity index (χ0v) is 15.5. The average Bonchev–Trinajstić information content (AvgIpc) is 2.47. The molecule has 23 heavy (non-hydrogen) atoms. The first-order chi connectivity index (χ1) is 10.7. The van der Waals surface area contributed by atoms with Gasteiger partial charge in [0, 0.05) is 25.7 Å². The van der Waals surface area contributed by atoms with Crippen LogP contribution in [0.25, 0.3) is 0 Å². The number of benzene rings is 1. The first kappa shape index (κ1) is 18.2. The van der Waals surface area contributed by atoms with E-state index in [-0.39, 0.29) is 11.9 Å². The summed E-state index contributed by atoms with van der Waals surface area (Å²) in [7, 11) is 0. The van der Waals surface area contributed by atoms with E-state index >= 15 is 0 Å².